The number of aliphatic hydroxyl groups excluding tert-OH is 3. The van der Waals surface area contributed by atoms with Crippen LogP contribution in [0.2, 0.25) is 0 Å². The molecule has 3 rings (SSSR count). The first-order valence-electron chi connectivity index (χ1n) is 29.2. The number of carbonyl (C=O) groups excluding carboxylic acids is 6. The molecule has 462 valence electrons. The van der Waals surface area contributed by atoms with Crippen molar-refractivity contribution in [1.82, 2.24) is 29.9 Å². The quantitative estimate of drug-likeness (QED) is 0.0253. The Bertz CT molecular complexity index is 1780. The van der Waals surface area contributed by atoms with E-state index >= 15 is 0 Å². The van der Waals surface area contributed by atoms with E-state index in [-0.39, 0.29) is 21.1 Å². The number of aromatic nitrogens is 6. The van der Waals surface area contributed by atoms with Crippen LogP contribution in [0, 0.1) is 0 Å². The third-order valence-electron chi connectivity index (χ3n) is 12.0. The van der Waals surface area contributed by atoms with Crippen LogP contribution >= 0.6 is 0 Å². The normalized spacial score (nSPS) is 11.6. The van der Waals surface area contributed by atoms with Crippen LogP contribution < -0.4 is 30.6 Å². The molecule has 0 aromatic carbocycles. The average molecular weight is 1240 g/mol. The van der Waals surface area contributed by atoms with Gasteiger partial charge < -0.3 is 89.7 Å². The molecule has 3 aromatic heterocycles. The fraction of sp³-hybridized carbons (Fsp3) is 0.650. The number of aliphatic hydroxyl groups is 3. The predicted molar refractivity (Wildman–Crippen MR) is 300 cm³/mol. The van der Waals surface area contributed by atoms with Gasteiger partial charge in [-0.15, -0.1) is 0 Å². The summed E-state index contributed by atoms with van der Waals surface area (Å²) in [5, 5.41) is 87.2. The summed E-state index contributed by atoms with van der Waals surface area (Å²) in [6.45, 7) is 6.67. The summed E-state index contributed by atoms with van der Waals surface area (Å²) in [6.07, 6.45) is 49.5. The molecule has 3 aromatic rings. The van der Waals surface area contributed by atoms with Crippen LogP contribution in [-0.2, 0) is 49.8 Å². The van der Waals surface area contributed by atoms with Crippen LogP contribution in [0.5, 0.6) is 0 Å². The van der Waals surface area contributed by atoms with Gasteiger partial charge >= 0.3 is 21.1 Å². The minimum atomic E-state index is -1.35. The molecular weight excluding hydrogens is 1140 g/mol. The topological polar surface area (TPSA) is 388 Å². The zero-order valence-electron chi connectivity index (χ0n) is 49.0. The van der Waals surface area contributed by atoms with E-state index in [0.717, 1.165) is 76.0 Å². The molecule has 0 amide bonds. The Morgan fingerprint density at radius 3 is 0.695 bits per heavy atom. The smallest absolute Gasteiger partial charge is 0.547 e. The number of aliphatic carboxylic acids is 6. The van der Waals surface area contributed by atoms with Crippen molar-refractivity contribution in [3.05, 3.63) is 72.9 Å². The van der Waals surface area contributed by atoms with Gasteiger partial charge in [0, 0.05) is 18.6 Å². The predicted octanol–water partition coefficient (Wildman–Crippen LogP) is 4.74. The van der Waals surface area contributed by atoms with Crippen molar-refractivity contribution in [2.24, 2.45) is 0 Å². The van der Waals surface area contributed by atoms with Gasteiger partial charge in [0.15, 0.2) is 0 Å². The molecule has 0 aliphatic rings. The molecule has 21 nitrogen and oxygen atoms in total. The van der Waals surface area contributed by atoms with Crippen molar-refractivity contribution in [1.29, 1.82) is 0 Å². The molecule has 0 fully saturated rings. The van der Waals surface area contributed by atoms with Crippen LogP contribution in [0.15, 0.2) is 55.8 Å². The SMILES string of the molecule is CCCCCCCCCCCCC(O)C(=O)[O-].CCCCCCCCCCCCC(O)C(=O)[O-].CCCCCCCCCCCCC(O)C(=O)[O-].O=C([O-])C=Cc1c[nH]cn1.O=C([O-])C=Cc1c[nH]cn1.O=C([O-])C=Cc1c[nH]cn1.[Mo+6]. The van der Waals surface area contributed by atoms with Gasteiger partial charge in [0.05, 0.1) is 90.2 Å². The third kappa shape index (κ3) is 65.1. The molecule has 22 heteroatoms. The molecule has 0 bridgehead atoms. The second kappa shape index (κ2) is 62.8. The Morgan fingerprint density at radius 1 is 0.366 bits per heavy atom. The second-order valence-corrected chi connectivity index (χ2v) is 19.4. The summed E-state index contributed by atoms with van der Waals surface area (Å²) in [4.78, 5) is 79.6. The first-order chi connectivity index (χ1) is 38.9. The second-order valence-electron chi connectivity index (χ2n) is 19.4. The summed E-state index contributed by atoms with van der Waals surface area (Å²) in [6, 6.07) is 0. The van der Waals surface area contributed by atoms with Crippen molar-refractivity contribution in [3.8, 4) is 0 Å². The molecule has 0 aliphatic heterocycles. The number of carboxylic acid groups (broad SMARTS) is 6. The van der Waals surface area contributed by atoms with E-state index < -0.39 is 54.1 Å². The van der Waals surface area contributed by atoms with Crippen LogP contribution in [0.3, 0.4) is 0 Å². The fourth-order valence-corrected chi connectivity index (χ4v) is 7.38. The van der Waals surface area contributed by atoms with Crippen LogP contribution in [-0.4, -0.2) is 99.4 Å². The van der Waals surface area contributed by atoms with Gasteiger partial charge in [-0.1, -0.05) is 213 Å². The van der Waals surface area contributed by atoms with E-state index in [9.17, 15) is 59.4 Å². The number of hydrogen-bond donors (Lipinski definition) is 6. The monoisotopic (exact) mass is 1240 g/mol. The molecule has 6 N–H and O–H groups in total. The summed E-state index contributed by atoms with van der Waals surface area (Å²) in [5.41, 5.74) is 1.72. The summed E-state index contributed by atoms with van der Waals surface area (Å²) < 4.78 is 0. The zero-order chi connectivity index (χ0) is 61.0. The number of H-pyrrole nitrogens is 3. The van der Waals surface area contributed by atoms with Crippen molar-refractivity contribution in [2.75, 3.05) is 0 Å². The maximum Gasteiger partial charge on any atom is 6.00 e. The number of carboxylic acids is 6. The number of rotatable bonds is 42. The summed E-state index contributed by atoms with van der Waals surface area (Å²) in [7, 11) is 0. The van der Waals surface area contributed by atoms with Crippen molar-refractivity contribution < 1.29 is 95.8 Å². The molecule has 0 saturated heterocycles. The van der Waals surface area contributed by atoms with E-state index in [1.165, 1.54) is 172 Å². The van der Waals surface area contributed by atoms with Gasteiger partial charge in [-0.25, -0.2) is 15.0 Å². The van der Waals surface area contributed by atoms with Gasteiger partial charge in [-0.3, -0.25) is 0 Å². The van der Waals surface area contributed by atoms with Gasteiger partial charge in [-0.2, -0.15) is 0 Å². The Balaban J connectivity index is -0.000000450. The maximum absolute atomic E-state index is 10.2. The average Bonchev–Trinajstić information content (AvgIpc) is 4.28. The van der Waals surface area contributed by atoms with E-state index in [1.54, 1.807) is 18.6 Å². The molecule has 0 saturated carbocycles. The molecule has 3 atom stereocenters. The largest absolute Gasteiger partial charge is 6.00 e. The molecule has 3 heterocycles. The molecule has 82 heavy (non-hydrogen) atoms. The summed E-state index contributed by atoms with van der Waals surface area (Å²) in [5.74, 6) is -7.70. The number of nitrogens with zero attached hydrogens (tertiary/aromatic N) is 3. The maximum atomic E-state index is 10.2. The first-order valence-corrected chi connectivity index (χ1v) is 29.2. The Kier molecular flexibility index (Phi) is 63.4. The number of aromatic amines is 3. The Labute approximate surface area is 501 Å². The van der Waals surface area contributed by atoms with Crippen molar-refractivity contribution in [2.45, 2.75) is 251 Å². The molecular formula is C60H96MoN6O15. The van der Waals surface area contributed by atoms with Gasteiger partial charge in [0.2, 0.25) is 0 Å². The van der Waals surface area contributed by atoms with Crippen LogP contribution in [0.1, 0.15) is 250 Å². The number of nitrogens with one attached hydrogen (secondary N) is 3. The first kappa shape index (κ1) is 82.7. The number of imidazole rings is 3. The van der Waals surface area contributed by atoms with Crippen LogP contribution in [0.25, 0.3) is 18.2 Å². The van der Waals surface area contributed by atoms with E-state index in [1.807, 2.05) is 0 Å². The molecule has 0 radical (unpaired) electrons. The number of hydrogen-bond acceptors (Lipinski definition) is 18. The van der Waals surface area contributed by atoms with E-state index in [0.29, 0.717) is 36.3 Å². The standard InChI is InChI=1S/3C14H28O3.3C6H6N2O2.Mo/c3*1-2-3-4-5-6-7-8-9-10-11-12-13(15)14(16)17;3*9-6(10)2-1-5-3-7-4-8-5;/h3*13,15H,2-12H2,1H3,(H,16,17);3*1-4H,(H,7,8)(H,9,10);/q;;;;;;+6/p-6. The van der Waals surface area contributed by atoms with Crippen molar-refractivity contribution in [3.63, 3.8) is 0 Å². The minimum Gasteiger partial charge on any atom is -0.547 e. The van der Waals surface area contributed by atoms with Crippen LogP contribution in [0.4, 0.5) is 0 Å². The Hall–Kier alpha value is -5.76. The van der Waals surface area contributed by atoms with E-state index in [4.69, 9.17) is 15.3 Å². The van der Waals surface area contributed by atoms with Gasteiger partial charge in [0.25, 0.3) is 0 Å². The number of unbranched alkanes of at least 4 members (excludes halogenated alkanes) is 27. The van der Waals surface area contributed by atoms with Gasteiger partial charge in [0.1, 0.15) is 0 Å². The molecule has 3 unspecified atom stereocenters. The number of carbonyl (C=O) groups is 6. The Morgan fingerprint density at radius 2 is 0.549 bits per heavy atom. The molecule has 0 spiro atoms. The van der Waals surface area contributed by atoms with Gasteiger partial charge in [-0.05, 0) is 55.7 Å². The van der Waals surface area contributed by atoms with Crippen molar-refractivity contribution >= 4 is 54.0 Å². The fourth-order valence-electron chi connectivity index (χ4n) is 7.38. The molecule has 0 aliphatic carbocycles. The minimum absolute atomic E-state index is 0. The van der Waals surface area contributed by atoms with E-state index in [2.05, 4.69) is 50.7 Å². The third-order valence-corrected chi connectivity index (χ3v) is 12.0. The summed E-state index contributed by atoms with van der Waals surface area (Å²) >= 11 is 0. The zero-order valence-corrected chi connectivity index (χ0v) is 51.0.